The molecule has 16 heavy (non-hydrogen) atoms. The largest absolute Gasteiger partial charge is 0.478 e. The minimum Gasteiger partial charge on any atom is -0.478 e. The van der Waals surface area contributed by atoms with Crippen LogP contribution in [-0.4, -0.2) is 30.1 Å². The number of hydrogen-bond acceptors (Lipinski definition) is 4. The van der Waals surface area contributed by atoms with Gasteiger partial charge >= 0.3 is 0 Å². The molecule has 0 aromatic carbocycles. The summed E-state index contributed by atoms with van der Waals surface area (Å²) in [6.45, 7) is 5.79. The molecule has 0 aliphatic rings. The van der Waals surface area contributed by atoms with E-state index < -0.39 is 0 Å². The molecular formula is C12H20N2OS. The Morgan fingerprint density at radius 3 is 3.00 bits per heavy atom. The lowest BCUT2D eigenvalue weighted by molar-refractivity contribution is 0.327. The molecule has 1 aromatic heterocycles. The third kappa shape index (κ3) is 4.75. The van der Waals surface area contributed by atoms with Crippen molar-refractivity contribution in [3.63, 3.8) is 0 Å². The number of aromatic nitrogens is 1. The number of thioether (sulfide) groups is 1. The lowest BCUT2D eigenvalue weighted by Gasteiger charge is -2.12. The van der Waals surface area contributed by atoms with E-state index in [2.05, 4.69) is 23.5 Å². The molecule has 0 radical (unpaired) electrons. The van der Waals surface area contributed by atoms with Crippen molar-refractivity contribution in [1.82, 2.24) is 4.98 Å². The van der Waals surface area contributed by atoms with Crippen LogP contribution < -0.4 is 10.1 Å². The summed E-state index contributed by atoms with van der Waals surface area (Å²) in [5.74, 6) is 3.38. The van der Waals surface area contributed by atoms with Gasteiger partial charge in [0.1, 0.15) is 5.82 Å². The molecule has 0 aliphatic heterocycles. The van der Waals surface area contributed by atoms with E-state index in [1.54, 1.807) is 0 Å². The highest BCUT2D eigenvalue weighted by molar-refractivity contribution is 7.98. The minimum atomic E-state index is 0.646. The zero-order chi connectivity index (χ0) is 11.8. The summed E-state index contributed by atoms with van der Waals surface area (Å²) in [5.41, 5.74) is 0. The molecule has 0 bridgehead atoms. The highest BCUT2D eigenvalue weighted by Crippen LogP contribution is 2.12. The molecule has 1 aromatic rings. The van der Waals surface area contributed by atoms with Gasteiger partial charge in [-0.05, 0) is 30.9 Å². The summed E-state index contributed by atoms with van der Waals surface area (Å²) in [5, 5.41) is 3.32. The van der Waals surface area contributed by atoms with Crippen molar-refractivity contribution in [2.45, 2.75) is 13.8 Å². The Hall–Kier alpha value is -0.900. The Labute approximate surface area is 102 Å². The van der Waals surface area contributed by atoms with E-state index in [4.69, 9.17) is 4.74 Å². The first-order chi connectivity index (χ1) is 7.76. The van der Waals surface area contributed by atoms with Crippen LogP contribution in [0.1, 0.15) is 13.8 Å². The summed E-state index contributed by atoms with van der Waals surface area (Å²) < 4.78 is 5.35. The van der Waals surface area contributed by atoms with Gasteiger partial charge in [0.2, 0.25) is 5.88 Å². The number of pyridine rings is 1. The normalized spacial score (nSPS) is 12.2. The Kier molecular flexibility index (Phi) is 6.08. The van der Waals surface area contributed by atoms with Gasteiger partial charge in [-0.2, -0.15) is 16.7 Å². The third-order valence-electron chi connectivity index (χ3n) is 2.10. The summed E-state index contributed by atoms with van der Waals surface area (Å²) in [6.07, 6.45) is 2.13. The Balaban J connectivity index is 2.44. The van der Waals surface area contributed by atoms with Crippen molar-refractivity contribution < 1.29 is 4.74 Å². The van der Waals surface area contributed by atoms with E-state index in [1.165, 1.54) is 0 Å². The minimum absolute atomic E-state index is 0.646. The first kappa shape index (κ1) is 13.2. The summed E-state index contributed by atoms with van der Waals surface area (Å²) in [7, 11) is 0. The van der Waals surface area contributed by atoms with Gasteiger partial charge in [-0.25, -0.2) is 0 Å². The maximum atomic E-state index is 5.35. The second-order valence-electron chi connectivity index (χ2n) is 3.74. The van der Waals surface area contributed by atoms with Crippen LogP contribution in [0, 0.1) is 5.92 Å². The van der Waals surface area contributed by atoms with E-state index >= 15 is 0 Å². The molecular weight excluding hydrogens is 220 g/mol. The van der Waals surface area contributed by atoms with Crippen LogP contribution in [0.2, 0.25) is 0 Å². The Morgan fingerprint density at radius 1 is 1.50 bits per heavy atom. The molecule has 1 unspecified atom stereocenters. The quantitative estimate of drug-likeness (QED) is 0.794. The van der Waals surface area contributed by atoms with Crippen molar-refractivity contribution in [3.05, 3.63) is 18.2 Å². The number of anilines is 1. The zero-order valence-electron chi connectivity index (χ0n) is 10.2. The predicted molar refractivity (Wildman–Crippen MR) is 71.4 cm³/mol. The van der Waals surface area contributed by atoms with Crippen LogP contribution in [0.15, 0.2) is 18.2 Å². The van der Waals surface area contributed by atoms with Crippen molar-refractivity contribution in [3.8, 4) is 5.88 Å². The summed E-state index contributed by atoms with van der Waals surface area (Å²) in [6, 6.07) is 5.80. The highest BCUT2D eigenvalue weighted by Gasteiger charge is 2.02. The van der Waals surface area contributed by atoms with E-state index in [-0.39, 0.29) is 0 Å². The molecule has 1 rings (SSSR count). The van der Waals surface area contributed by atoms with Gasteiger partial charge in [0.05, 0.1) is 6.61 Å². The fraction of sp³-hybridized carbons (Fsp3) is 0.583. The van der Waals surface area contributed by atoms with Gasteiger partial charge in [-0.3, -0.25) is 0 Å². The van der Waals surface area contributed by atoms with Crippen LogP contribution in [0.5, 0.6) is 5.88 Å². The van der Waals surface area contributed by atoms with Gasteiger partial charge in [0.25, 0.3) is 0 Å². The SMILES string of the molecule is CCOc1cccc(NCC(C)CSC)n1. The lowest BCUT2D eigenvalue weighted by atomic mass is 10.2. The molecule has 0 spiro atoms. The van der Waals surface area contributed by atoms with Crippen molar-refractivity contribution in [2.24, 2.45) is 5.92 Å². The van der Waals surface area contributed by atoms with Gasteiger partial charge < -0.3 is 10.1 Å². The monoisotopic (exact) mass is 240 g/mol. The fourth-order valence-corrected chi connectivity index (χ4v) is 2.05. The standard InChI is InChI=1S/C12H20N2OS/c1-4-15-12-7-5-6-11(14-12)13-8-10(2)9-16-3/h5-7,10H,4,8-9H2,1-3H3,(H,13,14). The predicted octanol–water partition coefficient (Wildman–Crippen LogP) is 2.89. The average Bonchev–Trinajstić information content (AvgIpc) is 2.28. The number of nitrogens with zero attached hydrogens (tertiary/aromatic N) is 1. The fourth-order valence-electron chi connectivity index (χ4n) is 1.36. The van der Waals surface area contributed by atoms with Crippen molar-refractivity contribution >= 4 is 17.6 Å². The molecule has 0 aliphatic carbocycles. The van der Waals surface area contributed by atoms with Gasteiger partial charge in [-0.1, -0.05) is 13.0 Å². The first-order valence-electron chi connectivity index (χ1n) is 5.59. The number of ether oxygens (including phenoxy) is 1. The number of nitrogens with one attached hydrogen (secondary N) is 1. The smallest absolute Gasteiger partial charge is 0.215 e. The van der Waals surface area contributed by atoms with Crippen LogP contribution in [-0.2, 0) is 0 Å². The topological polar surface area (TPSA) is 34.1 Å². The number of rotatable bonds is 7. The van der Waals surface area contributed by atoms with Crippen molar-refractivity contribution in [2.75, 3.05) is 30.5 Å². The Morgan fingerprint density at radius 2 is 2.31 bits per heavy atom. The summed E-state index contributed by atoms with van der Waals surface area (Å²) in [4.78, 5) is 4.35. The maximum Gasteiger partial charge on any atom is 0.215 e. The van der Waals surface area contributed by atoms with E-state index in [1.807, 2.05) is 36.9 Å². The first-order valence-corrected chi connectivity index (χ1v) is 6.98. The van der Waals surface area contributed by atoms with Crippen molar-refractivity contribution in [1.29, 1.82) is 0 Å². The Bertz CT molecular complexity index is 307. The zero-order valence-corrected chi connectivity index (χ0v) is 11.0. The molecule has 3 nitrogen and oxygen atoms in total. The molecule has 0 saturated carbocycles. The number of hydrogen-bond donors (Lipinski definition) is 1. The highest BCUT2D eigenvalue weighted by atomic mass is 32.2. The van der Waals surface area contributed by atoms with Gasteiger partial charge in [-0.15, -0.1) is 0 Å². The third-order valence-corrected chi connectivity index (χ3v) is 3.00. The van der Waals surface area contributed by atoms with E-state index in [0.29, 0.717) is 18.4 Å². The summed E-state index contributed by atoms with van der Waals surface area (Å²) >= 11 is 1.87. The van der Waals surface area contributed by atoms with Gasteiger partial charge in [0.15, 0.2) is 0 Å². The van der Waals surface area contributed by atoms with Crippen LogP contribution in [0.25, 0.3) is 0 Å². The van der Waals surface area contributed by atoms with E-state index in [9.17, 15) is 0 Å². The maximum absolute atomic E-state index is 5.35. The molecule has 0 saturated heterocycles. The average molecular weight is 240 g/mol. The van der Waals surface area contributed by atoms with Crippen LogP contribution in [0.4, 0.5) is 5.82 Å². The second-order valence-corrected chi connectivity index (χ2v) is 4.65. The second kappa shape index (κ2) is 7.39. The lowest BCUT2D eigenvalue weighted by Crippen LogP contribution is -2.14. The van der Waals surface area contributed by atoms with Crippen LogP contribution in [0.3, 0.4) is 0 Å². The molecule has 0 fully saturated rings. The van der Waals surface area contributed by atoms with Crippen LogP contribution >= 0.6 is 11.8 Å². The molecule has 1 N–H and O–H groups in total. The van der Waals surface area contributed by atoms with Gasteiger partial charge in [0, 0.05) is 12.6 Å². The molecule has 1 atom stereocenters. The molecule has 0 amide bonds. The van der Waals surface area contributed by atoms with E-state index in [0.717, 1.165) is 18.1 Å². The molecule has 1 heterocycles. The molecule has 90 valence electrons. The molecule has 4 heteroatoms.